The van der Waals surface area contributed by atoms with Gasteiger partial charge >= 0.3 is 6.18 Å². The summed E-state index contributed by atoms with van der Waals surface area (Å²) in [5.41, 5.74) is -1.88. The zero-order chi connectivity index (χ0) is 22.0. The van der Waals surface area contributed by atoms with Crippen LogP contribution in [0.5, 0.6) is 5.75 Å². The van der Waals surface area contributed by atoms with E-state index in [4.69, 9.17) is 4.52 Å². The number of hydrogen-bond donors (Lipinski definition) is 1. The standard InChI is InChI=1S/C15H16BrF3N4O5S/c1-8-21-13(23-28-8)14(2,7-29(3,25)26)22-12(24)10-4-11(9(16)5-20-10)27-6-15(17,18)19/h4-5H,6-7H2,1-3H3,(H,22,24). The largest absolute Gasteiger partial charge is 0.483 e. The van der Waals surface area contributed by atoms with E-state index in [2.05, 4.69) is 41.1 Å². The first-order chi connectivity index (χ1) is 13.2. The molecule has 0 fully saturated rings. The van der Waals surface area contributed by atoms with Gasteiger partial charge in [-0.05, 0) is 22.9 Å². The van der Waals surface area contributed by atoms with E-state index in [9.17, 15) is 26.4 Å². The normalized spacial score (nSPS) is 14.3. The maximum Gasteiger partial charge on any atom is 0.422 e. The minimum Gasteiger partial charge on any atom is -0.483 e. The second-order valence-corrected chi connectivity index (χ2v) is 9.39. The van der Waals surface area contributed by atoms with Crippen LogP contribution in [0.1, 0.15) is 29.1 Å². The van der Waals surface area contributed by atoms with Gasteiger partial charge in [-0.1, -0.05) is 5.16 Å². The van der Waals surface area contributed by atoms with E-state index < -0.39 is 39.8 Å². The maximum absolute atomic E-state index is 12.6. The van der Waals surface area contributed by atoms with Crippen LogP contribution >= 0.6 is 15.9 Å². The van der Waals surface area contributed by atoms with Crippen molar-refractivity contribution < 1.29 is 35.6 Å². The zero-order valence-electron chi connectivity index (χ0n) is 15.4. The van der Waals surface area contributed by atoms with Crippen molar-refractivity contribution in [2.75, 3.05) is 18.6 Å². The summed E-state index contributed by atoms with van der Waals surface area (Å²) in [4.78, 5) is 20.4. The first-order valence-electron chi connectivity index (χ1n) is 7.85. The summed E-state index contributed by atoms with van der Waals surface area (Å²) in [6.45, 7) is 1.29. The lowest BCUT2D eigenvalue weighted by atomic mass is 10.0. The fraction of sp³-hybridized carbons (Fsp3) is 0.467. The predicted molar refractivity (Wildman–Crippen MR) is 97.1 cm³/mol. The zero-order valence-corrected chi connectivity index (χ0v) is 17.8. The van der Waals surface area contributed by atoms with Crippen molar-refractivity contribution in [2.45, 2.75) is 25.6 Å². The van der Waals surface area contributed by atoms with Crippen LogP contribution in [0.15, 0.2) is 21.3 Å². The van der Waals surface area contributed by atoms with Crippen LogP contribution in [0, 0.1) is 6.92 Å². The lowest BCUT2D eigenvalue weighted by Crippen LogP contribution is -2.49. The molecule has 0 saturated carbocycles. The van der Waals surface area contributed by atoms with Crippen molar-refractivity contribution in [3.63, 3.8) is 0 Å². The van der Waals surface area contributed by atoms with Gasteiger partial charge < -0.3 is 14.6 Å². The second kappa shape index (κ2) is 8.26. The lowest BCUT2D eigenvalue weighted by molar-refractivity contribution is -0.153. The van der Waals surface area contributed by atoms with Crippen LogP contribution < -0.4 is 10.1 Å². The molecule has 2 rings (SSSR count). The van der Waals surface area contributed by atoms with E-state index in [-0.39, 0.29) is 27.6 Å². The second-order valence-electron chi connectivity index (χ2n) is 6.40. The van der Waals surface area contributed by atoms with Crippen LogP contribution in [-0.4, -0.2) is 54.2 Å². The Hall–Kier alpha value is -2.22. The highest BCUT2D eigenvalue weighted by Crippen LogP contribution is 2.27. The van der Waals surface area contributed by atoms with Crippen LogP contribution in [0.2, 0.25) is 0 Å². The Labute approximate surface area is 172 Å². The summed E-state index contributed by atoms with van der Waals surface area (Å²) in [5, 5.41) is 6.12. The van der Waals surface area contributed by atoms with E-state index in [1.165, 1.54) is 13.8 Å². The molecule has 0 bridgehead atoms. The average molecular weight is 501 g/mol. The Bertz CT molecular complexity index is 1010. The van der Waals surface area contributed by atoms with E-state index in [1.807, 2.05) is 0 Å². The molecule has 1 amide bonds. The number of pyridine rings is 1. The summed E-state index contributed by atoms with van der Waals surface area (Å²) >= 11 is 2.99. The molecule has 0 aliphatic carbocycles. The highest BCUT2D eigenvalue weighted by atomic mass is 79.9. The van der Waals surface area contributed by atoms with Crippen molar-refractivity contribution in [1.29, 1.82) is 0 Å². The molecule has 1 atom stereocenters. The van der Waals surface area contributed by atoms with Gasteiger partial charge in [0.2, 0.25) is 5.89 Å². The van der Waals surface area contributed by atoms with Crippen LogP contribution in [-0.2, 0) is 15.4 Å². The third-order valence-corrected chi connectivity index (χ3v) is 5.10. The number of ether oxygens (including phenoxy) is 1. The van der Waals surface area contributed by atoms with Gasteiger partial charge in [0, 0.05) is 25.4 Å². The third kappa shape index (κ3) is 6.66. The molecule has 2 heterocycles. The Balaban J connectivity index is 2.32. The Kier molecular flexibility index (Phi) is 6.57. The molecule has 2 aromatic rings. The average Bonchev–Trinajstić information content (AvgIpc) is 2.98. The number of halogens is 4. The van der Waals surface area contributed by atoms with E-state index in [0.717, 1.165) is 18.5 Å². The van der Waals surface area contributed by atoms with Crippen molar-refractivity contribution in [1.82, 2.24) is 20.4 Å². The molecule has 0 aliphatic rings. The van der Waals surface area contributed by atoms with Crippen molar-refractivity contribution in [3.05, 3.63) is 34.1 Å². The van der Waals surface area contributed by atoms with Crippen LogP contribution in [0.3, 0.4) is 0 Å². The van der Waals surface area contributed by atoms with Gasteiger partial charge in [0.1, 0.15) is 26.8 Å². The van der Waals surface area contributed by atoms with Gasteiger partial charge in [0.25, 0.3) is 5.91 Å². The highest BCUT2D eigenvalue weighted by molar-refractivity contribution is 9.10. The fourth-order valence-corrected chi connectivity index (χ4v) is 3.91. The highest BCUT2D eigenvalue weighted by Gasteiger charge is 2.38. The monoisotopic (exact) mass is 500 g/mol. The first-order valence-corrected chi connectivity index (χ1v) is 10.7. The third-order valence-electron chi connectivity index (χ3n) is 3.41. The molecule has 9 nitrogen and oxygen atoms in total. The van der Waals surface area contributed by atoms with Gasteiger partial charge in [0.15, 0.2) is 12.4 Å². The van der Waals surface area contributed by atoms with Gasteiger partial charge in [-0.25, -0.2) is 13.4 Å². The molecular weight excluding hydrogens is 485 g/mol. The summed E-state index contributed by atoms with van der Waals surface area (Å²) in [7, 11) is -3.60. The van der Waals surface area contributed by atoms with Gasteiger partial charge in [-0.15, -0.1) is 0 Å². The van der Waals surface area contributed by atoms with Gasteiger partial charge in [-0.2, -0.15) is 18.2 Å². The lowest BCUT2D eigenvalue weighted by Gasteiger charge is -2.26. The van der Waals surface area contributed by atoms with Gasteiger partial charge in [0.05, 0.1) is 10.2 Å². The Morgan fingerprint density at radius 2 is 2.03 bits per heavy atom. The molecular formula is C15H16BrF3N4O5S. The van der Waals surface area contributed by atoms with Crippen molar-refractivity contribution in [3.8, 4) is 5.75 Å². The minimum absolute atomic E-state index is 0.0839. The first kappa shape index (κ1) is 23.1. The Morgan fingerprint density at radius 1 is 1.38 bits per heavy atom. The molecule has 0 aromatic carbocycles. The number of alkyl halides is 3. The molecule has 160 valence electrons. The number of amides is 1. The summed E-state index contributed by atoms with van der Waals surface area (Å²) in [6, 6.07) is 0.994. The fourth-order valence-electron chi connectivity index (χ4n) is 2.33. The number of aryl methyl sites for hydroxylation is 1. The molecule has 14 heteroatoms. The molecule has 29 heavy (non-hydrogen) atoms. The van der Waals surface area contributed by atoms with E-state index in [1.54, 1.807) is 0 Å². The molecule has 0 aliphatic heterocycles. The van der Waals surface area contributed by atoms with Crippen molar-refractivity contribution >= 4 is 31.7 Å². The summed E-state index contributed by atoms with van der Waals surface area (Å²) < 4.78 is 70.5. The number of rotatable bonds is 7. The van der Waals surface area contributed by atoms with E-state index >= 15 is 0 Å². The molecule has 1 unspecified atom stereocenters. The molecule has 1 N–H and O–H groups in total. The van der Waals surface area contributed by atoms with Gasteiger partial charge in [-0.3, -0.25) is 4.79 Å². The smallest absolute Gasteiger partial charge is 0.422 e. The number of nitrogens with zero attached hydrogens (tertiary/aromatic N) is 3. The summed E-state index contributed by atoms with van der Waals surface area (Å²) in [5.74, 6) is -1.62. The minimum atomic E-state index is -4.57. The molecule has 2 aromatic heterocycles. The number of aromatic nitrogens is 3. The number of hydrogen-bond acceptors (Lipinski definition) is 8. The summed E-state index contributed by atoms with van der Waals surface area (Å²) in [6.07, 6.45) is -2.52. The molecule has 0 spiro atoms. The number of nitrogens with one attached hydrogen (secondary N) is 1. The number of carbonyl (C=O) groups excluding carboxylic acids is 1. The maximum atomic E-state index is 12.6. The number of sulfone groups is 1. The van der Waals surface area contributed by atoms with Crippen LogP contribution in [0.4, 0.5) is 13.2 Å². The molecule has 0 saturated heterocycles. The topological polar surface area (TPSA) is 124 Å². The SMILES string of the molecule is Cc1nc(C(C)(CS(C)(=O)=O)NC(=O)c2cc(OCC(F)(F)F)c(Br)cn2)no1. The van der Waals surface area contributed by atoms with Crippen molar-refractivity contribution in [2.24, 2.45) is 0 Å². The Morgan fingerprint density at radius 3 is 2.55 bits per heavy atom. The van der Waals surface area contributed by atoms with Crippen LogP contribution in [0.25, 0.3) is 0 Å². The number of carbonyl (C=O) groups is 1. The predicted octanol–water partition coefficient (Wildman–Crippen LogP) is 2.17. The van der Waals surface area contributed by atoms with E-state index in [0.29, 0.717) is 0 Å². The quantitative estimate of drug-likeness (QED) is 0.613. The molecule has 0 radical (unpaired) electrons.